The molecule has 0 aliphatic heterocycles. The van der Waals surface area contributed by atoms with E-state index in [2.05, 4.69) is 29.8 Å². The second kappa shape index (κ2) is 4.07. The maximum atomic E-state index is 8.74. The van der Waals surface area contributed by atoms with Gasteiger partial charge in [0.05, 0.1) is 5.51 Å². The zero-order valence-corrected chi connectivity index (χ0v) is 8.06. The first-order valence-corrected chi connectivity index (χ1v) is 4.80. The zero-order valence-electron chi connectivity index (χ0n) is 7.24. The Bertz CT molecular complexity index is 283. The molecule has 0 atom stereocenters. The van der Waals surface area contributed by atoms with E-state index in [0.717, 1.165) is 18.9 Å². The van der Waals surface area contributed by atoms with Crippen molar-refractivity contribution in [2.45, 2.75) is 13.8 Å². The smallest absolute Gasteiger partial charge is 0.157 e. The molecule has 0 aromatic carbocycles. The van der Waals surface area contributed by atoms with Crippen LogP contribution in [0.1, 0.15) is 18.7 Å². The number of anilines is 1. The van der Waals surface area contributed by atoms with Crippen LogP contribution in [0.25, 0.3) is 0 Å². The molecule has 1 aromatic heterocycles. The molecule has 0 unspecified atom stereocenters. The van der Waals surface area contributed by atoms with Gasteiger partial charge in [-0.25, -0.2) is 4.98 Å². The third-order valence-corrected chi connectivity index (χ3v) is 2.43. The van der Waals surface area contributed by atoms with Crippen LogP contribution in [0.2, 0.25) is 0 Å². The summed E-state index contributed by atoms with van der Waals surface area (Å²) in [5.41, 5.74) is 1.71. The van der Waals surface area contributed by atoms with Crippen LogP contribution in [0.5, 0.6) is 0 Å². The summed E-state index contributed by atoms with van der Waals surface area (Å²) >= 11 is 1.39. The number of aromatic nitrogens is 1. The quantitative estimate of drug-likeness (QED) is 0.714. The van der Waals surface area contributed by atoms with Gasteiger partial charge >= 0.3 is 0 Å². The molecule has 1 rings (SSSR count). The monoisotopic (exact) mass is 181 g/mol. The lowest BCUT2D eigenvalue weighted by Gasteiger charge is -2.17. The maximum absolute atomic E-state index is 8.74. The molecule has 0 radical (unpaired) electrons. The fourth-order valence-corrected chi connectivity index (χ4v) is 1.66. The van der Waals surface area contributed by atoms with Gasteiger partial charge in [-0.2, -0.15) is 5.26 Å². The van der Waals surface area contributed by atoms with Gasteiger partial charge in [-0.3, -0.25) is 0 Å². The van der Waals surface area contributed by atoms with E-state index in [4.69, 9.17) is 5.26 Å². The fraction of sp³-hybridized carbons (Fsp3) is 0.500. The van der Waals surface area contributed by atoms with Gasteiger partial charge in [0.2, 0.25) is 0 Å². The Hall–Kier alpha value is -1.08. The van der Waals surface area contributed by atoms with E-state index >= 15 is 0 Å². The number of hydrogen-bond acceptors (Lipinski definition) is 4. The molecule has 4 heteroatoms. The van der Waals surface area contributed by atoms with Crippen LogP contribution < -0.4 is 4.90 Å². The van der Waals surface area contributed by atoms with Crippen molar-refractivity contribution in [3.63, 3.8) is 0 Å². The number of thiazole rings is 1. The van der Waals surface area contributed by atoms with Gasteiger partial charge in [0.15, 0.2) is 5.82 Å². The van der Waals surface area contributed by atoms with Crippen LogP contribution in [0.15, 0.2) is 5.51 Å². The van der Waals surface area contributed by atoms with Gasteiger partial charge in [0, 0.05) is 13.1 Å². The summed E-state index contributed by atoms with van der Waals surface area (Å²) in [7, 11) is 0. The Morgan fingerprint density at radius 3 is 2.75 bits per heavy atom. The normalized spacial score (nSPS) is 9.42. The van der Waals surface area contributed by atoms with Crippen molar-refractivity contribution in [2.75, 3.05) is 18.0 Å². The van der Waals surface area contributed by atoms with E-state index in [1.54, 1.807) is 5.51 Å². The molecule has 1 heterocycles. The van der Waals surface area contributed by atoms with Crippen molar-refractivity contribution in [2.24, 2.45) is 0 Å². The Kier molecular flexibility index (Phi) is 3.06. The number of nitriles is 1. The lowest BCUT2D eigenvalue weighted by molar-refractivity contribution is 0.849. The average Bonchev–Trinajstić information content (AvgIpc) is 2.55. The topological polar surface area (TPSA) is 39.9 Å². The van der Waals surface area contributed by atoms with Crippen molar-refractivity contribution in [3.8, 4) is 6.07 Å². The van der Waals surface area contributed by atoms with E-state index < -0.39 is 0 Å². The van der Waals surface area contributed by atoms with E-state index in [1.807, 2.05) is 0 Å². The van der Waals surface area contributed by atoms with Gasteiger partial charge in [0.25, 0.3) is 0 Å². The molecule has 64 valence electrons. The molecule has 0 saturated heterocycles. The Balaban J connectivity index is 2.93. The first-order chi connectivity index (χ1) is 5.83. The van der Waals surface area contributed by atoms with Crippen molar-refractivity contribution in [1.29, 1.82) is 5.26 Å². The maximum Gasteiger partial charge on any atom is 0.157 e. The highest BCUT2D eigenvalue weighted by atomic mass is 32.1. The van der Waals surface area contributed by atoms with Gasteiger partial charge < -0.3 is 4.90 Å². The van der Waals surface area contributed by atoms with Crippen molar-refractivity contribution >= 4 is 17.2 Å². The lowest BCUT2D eigenvalue weighted by atomic mass is 10.4. The van der Waals surface area contributed by atoms with Crippen LogP contribution >= 0.6 is 11.3 Å². The second-order valence-electron chi connectivity index (χ2n) is 2.29. The minimum Gasteiger partial charge on any atom is -0.355 e. The fourth-order valence-electron chi connectivity index (χ4n) is 1.07. The molecule has 0 spiro atoms. The van der Waals surface area contributed by atoms with Crippen LogP contribution in [0, 0.1) is 11.3 Å². The van der Waals surface area contributed by atoms with Crippen LogP contribution in [-0.4, -0.2) is 18.1 Å². The number of rotatable bonds is 3. The van der Waals surface area contributed by atoms with E-state index in [1.165, 1.54) is 11.3 Å². The minimum atomic E-state index is 0.707. The van der Waals surface area contributed by atoms with Crippen molar-refractivity contribution in [3.05, 3.63) is 10.4 Å². The standard InChI is InChI=1S/C8H11N3S/c1-3-11(4-2)8-7(5-9)12-6-10-8/h6H,3-4H2,1-2H3. The van der Waals surface area contributed by atoms with Crippen LogP contribution in [0.4, 0.5) is 5.82 Å². The summed E-state index contributed by atoms with van der Waals surface area (Å²) in [5.74, 6) is 0.826. The van der Waals surface area contributed by atoms with Crippen molar-refractivity contribution in [1.82, 2.24) is 4.98 Å². The van der Waals surface area contributed by atoms with Crippen LogP contribution in [-0.2, 0) is 0 Å². The third-order valence-electron chi connectivity index (χ3n) is 1.71. The average molecular weight is 181 g/mol. The third kappa shape index (κ3) is 1.56. The number of hydrogen-bond donors (Lipinski definition) is 0. The molecule has 0 bridgehead atoms. The molecule has 0 fully saturated rings. The van der Waals surface area contributed by atoms with E-state index in [-0.39, 0.29) is 0 Å². The molecular weight excluding hydrogens is 170 g/mol. The second-order valence-corrected chi connectivity index (χ2v) is 3.14. The molecule has 0 amide bonds. The first kappa shape index (κ1) is 9.01. The van der Waals surface area contributed by atoms with Gasteiger partial charge in [-0.1, -0.05) is 0 Å². The lowest BCUT2D eigenvalue weighted by Crippen LogP contribution is -2.22. The van der Waals surface area contributed by atoms with Gasteiger partial charge in [-0.15, -0.1) is 11.3 Å². The molecule has 0 N–H and O–H groups in total. The van der Waals surface area contributed by atoms with Crippen molar-refractivity contribution < 1.29 is 0 Å². The summed E-state index contributed by atoms with van der Waals surface area (Å²) in [5, 5.41) is 8.74. The molecular formula is C8H11N3S. The van der Waals surface area contributed by atoms with E-state index in [9.17, 15) is 0 Å². The Labute approximate surface area is 76.3 Å². The highest BCUT2D eigenvalue weighted by Crippen LogP contribution is 2.20. The molecule has 0 saturated carbocycles. The predicted octanol–water partition coefficient (Wildman–Crippen LogP) is 1.86. The minimum absolute atomic E-state index is 0.707. The van der Waals surface area contributed by atoms with Gasteiger partial charge in [-0.05, 0) is 13.8 Å². The zero-order chi connectivity index (χ0) is 8.97. The Morgan fingerprint density at radius 2 is 2.25 bits per heavy atom. The molecule has 0 aliphatic rings. The van der Waals surface area contributed by atoms with Crippen LogP contribution in [0.3, 0.4) is 0 Å². The summed E-state index contributed by atoms with van der Waals surface area (Å²) in [6.45, 7) is 5.91. The Morgan fingerprint density at radius 1 is 1.58 bits per heavy atom. The molecule has 3 nitrogen and oxygen atoms in total. The molecule has 0 aliphatic carbocycles. The SMILES string of the molecule is CCN(CC)c1ncsc1C#N. The summed E-state index contributed by atoms with van der Waals surface area (Å²) in [4.78, 5) is 6.94. The predicted molar refractivity (Wildman–Crippen MR) is 50.4 cm³/mol. The molecule has 12 heavy (non-hydrogen) atoms. The molecule has 1 aromatic rings. The highest BCUT2D eigenvalue weighted by molar-refractivity contribution is 7.10. The summed E-state index contributed by atoms with van der Waals surface area (Å²) in [6.07, 6.45) is 0. The summed E-state index contributed by atoms with van der Waals surface area (Å²) in [6, 6.07) is 2.14. The van der Waals surface area contributed by atoms with E-state index in [0.29, 0.717) is 4.88 Å². The first-order valence-electron chi connectivity index (χ1n) is 3.92. The summed E-state index contributed by atoms with van der Waals surface area (Å²) < 4.78 is 0. The number of nitrogens with zero attached hydrogens (tertiary/aromatic N) is 3. The highest BCUT2D eigenvalue weighted by Gasteiger charge is 2.10. The largest absolute Gasteiger partial charge is 0.355 e. The van der Waals surface area contributed by atoms with Gasteiger partial charge in [0.1, 0.15) is 10.9 Å².